The van der Waals surface area contributed by atoms with Gasteiger partial charge in [-0.15, -0.1) is 0 Å². The van der Waals surface area contributed by atoms with Gasteiger partial charge in [0.2, 0.25) is 12.7 Å². The summed E-state index contributed by atoms with van der Waals surface area (Å²) in [5.74, 6) is 2.24. The summed E-state index contributed by atoms with van der Waals surface area (Å²) in [6, 6.07) is 19.1. The van der Waals surface area contributed by atoms with Gasteiger partial charge in [-0.05, 0) is 42.0 Å². The molecule has 1 unspecified atom stereocenters. The number of fused-ring (bicyclic) bond motifs is 2. The third-order valence-corrected chi connectivity index (χ3v) is 6.77. The lowest BCUT2D eigenvalue weighted by atomic mass is 10.1. The second kappa shape index (κ2) is 7.97. The second-order valence-corrected chi connectivity index (χ2v) is 9.07. The lowest BCUT2D eigenvalue weighted by Gasteiger charge is -2.18. The van der Waals surface area contributed by atoms with Crippen molar-refractivity contribution in [3.8, 4) is 11.5 Å². The Labute approximate surface area is 200 Å². The molecule has 1 aromatic heterocycles. The predicted octanol–water partition coefficient (Wildman–Crippen LogP) is 5.64. The number of anilines is 1. The molecule has 6 nitrogen and oxygen atoms in total. The molecule has 0 aliphatic carbocycles. The third-order valence-electron chi connectivity index (χ3n) is 6.19. The number of hydrogen-bond acceptors (Lipinski definition) is 4. The Balaban J connectivity index is 1.37. The molecule has 2 aliphatic rings. The van der Waals surface area contributed by atoms with E-state index in [2.05, 4.69) is 4.57 Å². The Kier molecular flexibility index (Phi) is 4.93. The normalized spacial score (nSPS) is 17.3. The molecule has 0 N–H and O–H groups in total. The topological polar surface area (TPSA) is 56.6 Å². The Bertz CT molecular complexity index is 1400. The maximum absolute atomic E-state index is 13.0. The number of nitrogens with zero attached hydrogens (tertiary/aromatic N) is 3. The van der Waals surface area contributed by atoms with Crippen LogP contribution in [0.4, 0.5) is 5.69 Å². The van der Waals surface area contributed by atoms with Crippen molar-refractivity contribution in [2.75, 3.05) is 18.2 Å². The molecule has 0 bridgehead atoms. The monoisotopic (exact) mass is 479 g/mol. The van der Waals surface area contributed by atoms with Crippen LogP contribution in [0, 0.1) is 0 Å². The van der Waals surface area contributed by atoms with Crippen molar-refractivity contribution < 1.29 is 14.3 Å². The van der Waals surface area contributed by atoms with Crippen molar-refractivity contribution in [3.63, 3.8) is 0 Å². The SMILES string of the molecule is O=C1CC(c2nc3ccccc3n2Cc2ccc(Cl)cc2Cl)CN1c1ccc2c(c1)OCO2. The van der Waals surface area contributed by atoms with Crippen LogP contribution in [0.2, 0.25) is 10.0 Å². The van der Waals surface area contributed by atoms with Crippen LogP contribution in [0.25, 0.3) is 11.0 Å². The largest absolute Gasteiger partial charge is 0.454 e. The van der Waals surface area contributed by atoms with Crippen LogP contribution in [0.15, 0.2) is 60.7 Å². The summed E-state index contributed by atoms with van der Waals surface area (Å²) in [6.07, 6.45) is 0.381. The minimum Gasteiger partial charge on any atom is -0.454 e. The molecule has 4 aromatic rings. The first-order valence-corrected chi connectivity index (χ1v) is 11.4. The van der Waals surface area contributed by atoms with Crippen LogP contribution >= 0.6 is 23.2 Å². The van der Waals surface area contributed by atoms with Gasteiger partial charge in [-0.1, -0.05) is 41.4 Å². The van der Waals surface area contributed by atoms with E-state index in [-0.39, 0.29) is 18.6 Å². The van der Waals surface area contributed by atoms with E-state index in [1.165, 1.54) is 0 Å². The number of rotatable bonds is 4. The Morgan fingerprint density at radius 2 is 1.85 bits per heavy atom. The Morgan fingerprint density at radius 3 is 2.73 bits per heavy atom. The van der Waals surface area contributed by atoms with Crippen molar-refractivity contribution in [1.29, 1.82) is 0 Å². The molecule has 1 atom stereocenters. The molecular weight excluding hydrogens is 461 g/mol. The van der Waals surface area contributed by atoms with Gasteiger partial charge in [-0.2, -0.15) is 0 Å². The lowest BCUT2D eigenvalue weighted by molar-refractivity contribution is -0.117. The zero-order valence-corrected chi connectivity index (χ0v) is 19.0. The molecule has 2 aliphatic heterocycles. The average molecular weight is 480 g/mol. The molecule has 6 rings (SSSR count). The number of carbonyl (C=O) groups is 1. The van der Waals surface area contributed by atoms with Gasteiger partial charge < -0.3 is 18.9 Å². The number of halogens is 2. The van der Waals surface area contributed by atoms with Gasteiger partial charge in [-0.25, -0.2) is 4.98 Å². The fourth-order valence-corrected chi connectivity index (χ4v) is 5.04. The summed E-state index contributed by atoms with van der Waals surface area (Å²) >= 11 is 12.6. The van der Waals surface area contributed by atoms with Gasteiger partial charge >= 0.3 is 0 Å². The minimum absolute atomic E-state index is 0.0543. The van der Waals surface area contributed by atoms with Crippen molar-refractivity contribution in [1.82, 2.24) is 9.55 Å². The van der Waals surface area contributed by atoms with Gasteiger partial charge in [0.1, 0.15) is 5.82 Å². The predicted molar refractivity (Wildman–Crippen MR) is 128 cm³/mol. The van der Waals surface area contributed by atoms with Crippen LogP contribution < -0.4 is 14.4 Å². The number of ether oxygens (including phenoxy) is 2. The highest BCUT2D eigenvalue weighted by Crippen LogP contribution is 2.39. The van der Waals surface area contributed by atoms with Crippen LogP contribution in [0.5, 0.6) is 11.5 Å². The lowest BCUT2D eigenvalue weighted by Crippen LogP contribution is -2.24. The fourth-order valence-electron chi connectivity index (χ4n) is 4.58. The number of hydrogen-bond donors (Lipinski definition) is 0. The minimum atomic E-state index is -0.0543. The number of carbonyl (C=O) groups excluding carboxylic acids is 1. The number of para-hydroxylation sites is 2. The molecule has 3 aromatic carbocycles. The van der Waals surface area contributed by atoms with Crippen molar-refractivity contribution in [2.45, 2.75) is 18.9 Å². The van der Waals surface area contributed by atoms with E-state index in [0.29, 0.717) is 41.1 Å². The van der Waals surface area contributed by atoms with E-state index in [4.69, 9.17) is 37.7 Å². The first-order chi connectivity index (χ1) is 16.1. The quantitative estimate of drug-likeness (QED) is 0.380. The average Bonchev–Trinajstić information content (AvgIpc) is 3.52. The Hall–Kier alpha value is -3.22. The van der Waals surface area contributed by atoms with E-state index in [9.17, 15) is 4.79 Å². The third kappa shape index (κ3) is 3.59. The molecule has 0 spiro atoms. The van der Waals surface area contributed by atoms with Crippen molar-refractivity contribution in [3.05, 3.63) is 82.1 Å². The van der Waals surface area contributed by atoms with E-state index in [1.807, 2.05) is 54.6 Å². The molecular formula is C25H19Cl2N3O3. The second-order valence-electron chi connectivity index (χ2n) is 8.22. The first kappa shape index (κ1) is 20.4. The Morgan fingerprint density at radius 1 is 1.00 bits per heavy atom. The zero-order chi connectivity index (χ0) is 22.5. The van der Waals surface area contributed by atoms with Crippen molar-refractivity contribution in [2.24, 2.45) is 0 Å². The number of aromatic nitrogens is 2. The zero-order valence-electron chi connectivity index (χ0n) is 17.5. The van der Waals surface area contributed by atoms with E-state index >= 15 is 0 Å². The number of imidazole rings is 1. The summed E-state index contributed by atoms with van der Waals surface area (Å²) in [5.41, 5.74) is 3.65. The van der Waals surface area contributed by atoms with Gasteiger partial charge in [0, 0.05) is 40.7 Å². The summed E-state index contributed by atoms with van der Waals surface area (Å²) in [7, 11) is 0. The van der Waals surface area contributed by atoms with Crippen LogP contribution in [-0.4, -0.2) is 28.8 Å². The molecule has 1 amide bonds. The molecule has 3 heterocycles. The molecule has 1 saturated heterocycles. The molecule has 8 heteroatoms. The highest BCUT2D eigenvalue weighted by Gasteiger charge is 2.35. The van der Waals surface area contributed by atoms with Crippen LogP contribution in [0.3, 0.4) is 0 Å². The van der Waals surface area contributed by atoms with Crippen LogP contribution in [0.1, 0.15) is 23.7 Å². The molecule has 1 fully saturated rings. The van der Waals surface area contributed by atoms with E-state index in [1.54, 1.807) is 11.0 Å². The number of amides is 1. The molecule has 0 radical (unpaired) electrons. The highest BCUT2D eigenvalue weighted by atomic mass is 35.5. The van der Waals surface area contributed by atoms with E-state index < -0.39 is 0 Å². The first-order valence-electron chi connectivity index (χ1n) is 10.7. The maximum atomic E-state index is 13.0. The molecule has 166 valence electrons. The fraction of sp³-hybridized carbons (Fsp3) is 0.200. The number of benzene rings is 3. The van der Waals surface area contributed by atoms with Gasteiger partial charge in [-0.3, -0.25) is 4.79 Å². The van der Waals surface area contributed by atoms with Gasteiger partial charge in [0.15, 0.2) is 11.5 Å². The summed E-state index contributed by atoms with van der Waals surface area (Å²) in [4.78, 5) is 19.7. The summed E-state index contributed by atoms with van der Waals surface area (Å²) in [5, 5.41) is 1.20. The summed E-state index contributed by atoms with van der Waals surface area (Å²) < 4.78 is 13.0. The smallest absolute Gasteiger partial charge is 0.231 e. The van der Waals surface area contributed by atoms with Crippen molar-refractivity contribution >= 4 is 45.8 Å². The van der Waals surface area contributed by atoms with E-state index in [0.717, 1.165) is 28.1 Å². The highest BCUT2D eigenvalue weighted by molar-refractivity contribution is 6.35. The summed E-state index contributed by atoms with van der Waals surface area (Å²) in [6.45, 7) is 1.28. The molecule has 33 heavy (non-hydrogen) atoms. The van der Waals surface area contributed by atoms with Gasteiger partial charge in [0.05, 0.1) is 17.6 Å². The standard InChI is InChI=1S/C25H19Cl2N3O3/c26-17-6-5-15(19(27)10-17)12-30-21-4-2-1-3-20(21)28-25(30)16-9-24(31)29(13-16)18-7-8-22-23(11-18)33-14-32-22/h1-8,10-11,16H,9,12-14H2. The van der Waals surface area contributed by atoms with Gasteiger partial charge in [0.25, 0.3) is 0 Å². The molecule has 0 saturated carbocycles. The maximum Gasteiger partial charge on any atom is 0.231 e. The van der Waals surface area contributed by atoms with Crippen LogP contribution in [-0.2, 0) is 11.3 Å².